The van der Waals surface area contributed by atoms with E-state index >= 15 is 0 Å². The fourth-order valence-corrected chi connectivity index (χ4v) is 4.62. The summed E-state index contributed by atoms with van der Waals surface area (Å²) in [5, 5.41) is 0. The van der Waals surface area contributed by atoms with E-state index in [1.807, 2.05) is 0 Å². The van der Waals surface area contributed by atoms with Gasteiger partial charge < -0.3 is 4.90 Å². The highest BCUT2D eigenvalue weighted by Crippen LogP contribution is 2.29. The van der Waals surface area contributed by atoms with E-state index in [4.69, 9.17) is 0 Å². The summed E-state index contributed by atoms with van der Waals surface area (Å²) in [6, 6.07) is 8.08. The van der Waals surface area contributed by atoms with Crippen LogP contribution in [0.3, 0.4) is 0 Å². The van der Waals surface area contributed by atoms with Crippen LogP contribution in [0.25, 0.3) is 0 Å². The number of hydrogen-bond acceptors (Lipinski definition) is 4. The van der Waals surface area contributed by atoms with Gasteiger partial charge in [0.15, 0.2) is 0 Å². The van der Waals surface area contributed by atoms with Gasteiger partial charge in [0.05, 0.1) is 5.56 Å². The molecule has 0 saturated carbocycles. The summed E-state index contributed by atoms with van der Waals surface area (Å²) in [6.45, 7) is 1.40. The molecule has 28 heavy (non-hydrogen) atoms. The van der Waals surface area contributed by atoms with Gasteiger partial charge in [-0.25, -0.2) is 13.4 Å². The number of alkyl halides is 3. The minimum Gasteiger partial charge on any atom is -0.355 e. The Bertz CT molecular complexity index is 892. The van der Waals surface area contributed by atoms with Gasteiger partial charge in [0, 0.05) is 32.9 Å². The number of sulfonamides is 1. The molecule has 0 bridgehead atoms. The van der Waals surface area contributed by atoms with E-state index in [1.165, 1.54) is 28.7 Å². The lowest BCUT2D eigenvalue weighted by Crippen LogP contribution is -2.35. The summed E-state index contributed by atoms with van der Waals surface area (Å²) in [7, 11) is -1.79. The number of anilines is 1. The molecule has 1 aromatic heterocycles. The largest absolute Gasteiger partial charge is 0.416 e. The van der Waals surface area contributed by atoms with Crippen LogP contribution in [0.1, 0.15) is 30.4 Å². The van der Waals surface area contributed by atoms with Crippen molar-refractivity contribution in [2.45, 2.75) is 36.9 Å². The van der Waals surface area contributed by atoms with Crippen LogP contribution in [0, 0.1) is 0 Å². The second-order valence-corrected chi connectivity index (χ2v) is 8.81. The van der Waals surface area contributed by atoms with Gasteiger partial charge in [-0.3, -0.25) is 0 Å². The van der Waals surface area contributed by atoms with Crippen LogP contribution in [0.5, 0.6) is 0 Å². The van der Waals surface area contributed by atoms with Gasteiger partial charge in [0.1, 0.15) is 10.7 Å². The first-order valence-electron chi connectivity index (χ1n) is 9.01. The third-order valence-corrected chi connectivity index (χ3v) is 6.65. The maximum atomic E-state index is 12.7. The Balaban J connectivity index is 1.69. The lowest BCUT2D eigenvalue weighted by Gasteiger charge is -2.26. The van der Waals surface area contributed by atoms with Crippen molar-refractivity contribution in [1.82, 2.24) is 9.29 Å². The standard InChI is InChI=1S/C19H22F3N3O2S/c1-24(14-15-5-7-16(8-6-15)19(20,21)22)18-10-9-17(13-23-18)28(26,27)25-11-3-2-4-12-25/h5-10,13H,2-4,11-12,14H2,1H3. The van der Waals surface area contributed by atoms with Gasteiger partial charge in [-0.05, 0) is 42.7 Å². The molecule has 0 amide bonds. The molecule has 1 aromatic carbocycles. The molecule has 9 heteroatoms. The Morgan fingerprint density at radius 1 is 1.04 bits per heavy atom. The predicted octanol–water partition coefficient (Wildman–Crippen LogP) is 3.91. The molecule has 5 nitrogen and oxygen atoms in total. The summed E-state index contributed by atoms with van der Waals surface area (Å²) < 4.78 is 64.7. The molecule has 3 rings (SSSR count). The summed E-state index contributed by atoms with van der Waals surface area (Å²) in [5.41, 5.74) is 0.00613. The van der Waals surface area contributed by atoms with Crippen molar-refractivity contribution in [1.29, 1.82) is 0 Å². The Morgan fingerprint density at radius 3 is 2.21 bits per heavy atom. The SMILES string of the molecule is CN(Cc1ccc(C(F)(F)F)cc1)c1ccc(S(=O)(=O)N2CCCCC2)cn1. The molecule has 0 radical (unpaired) electrons. The average Bonchev–Trinajstić information content (AvgIpc) is 2.68. The smallest absolute Gasteiger partial charge is 0.355 e. The highest BCUT2D eigenvalue weighted by molar-refractivity contribution is 7.89. The van der Waals surface area contributed by atoms with E-state index < -0.39 is 21.8 Å². The number of rotatable bonds is 5. The fraction of sp³-hybridized carbons (Fsp3) is 0.421. The number of benzene rings is 1. The van der Waals surface area contributed by atoms with E-state index in [2.05, 4.69) is 4.98 Å². The van der Waals surface area contributed by atoms with E-state index in [9.17, 15) is 21.6 Å². The molecule has 0 N–H and O–H groups in total. The lowest BCUT2D eigenvalue weighted by molar-refractivity contribution is -0.137. The average molecular weight is 413 g/mol. The minimum absolute atomic E-state index is 0.154. The molecule has 1 aliphatic heterocycles. The van der Waals surface area contributed by atoms with Crippen molar-refractivity contribution in [2.75, 3.05) is 25.0 Å². The van der Waals surface area contributed by atoms with Gasteiger partial charge in [-0.15, -0.1) is 0 Å². The Labute approximate surface area is 162 Å². The molecule has 152 valence electrons. The predicted molar refractivity (Wildman–Crippen MR) is 100 cm³/mol. The zero-order chi connectivity index (χ0) is 20.4. The maximum Gasteiger partial charge on any atom is 0.416 e. The topological polar surface area (TPSA) is 53.5 Å². The normalized spacial score (nSPS) is 16.1. The molecule has 0 atom stereocenters. The Morgan fingerprint density at radius 2 is 1.68 bits per heavy atom. The van der Waals surface area contributed by atoms with Crippen LogP contribution in [0.2, 0.25) is 0 Å². The molecule has 2 heterocycles. The van der Waals surface area contributed by atoms with Gasteiger partial charge in [-0.1, -0.05) is 18.6 Å². The first-order chi connectivity index (χ1) is 13.2. The van der Waals surface area contributed by atoms with Gasteiger partial charge in [-0.2, -0.15) is 17.5 Å². The third-order valence-electron chi connectivity index (χ3n) is 4.77. The number of hydrogen-bond donors (Lipinski definition) is 0. The van der Waals surface area contributed by atoms with Crippen LogP contribution in [-0.4, -0.2) is 37.8 Å². The molecule has 0 aliphatic carbocycles. The molecular weight excluding hydrogens is 391 g/mol. The lowest BCUT2D eigenvalue weighted by atomic mass is 10.1. The fourth-order valence-electron chi connectivity index (χ4n) is 3.16. The molecule has 1 aliphatic rings. The highest BCUT2D eigenvalue weighted by Gasteiger charge is 2.30. The third kappa shape index (κ3) is 4.64. The van der Waals surface area contributed by atoms with E-state index in [0.717, 1.165) is 31.4 Å². The second-order valence-electron chi connectivity index (χ2n) is 6.87. The summed E-state index contributed by atoms with van der Waals surface area (Å²) >= 11 is 0. The summed E-state index contributed by atoms with van der Waals surface area (Å²) in [6.07, 6.45) is -0.261. The van der Waals surface area contributed by atoms with E-state index in [0.29, 0.717) is 31.0 Å². The molecule has 0 spiro atoms. The highest BCUT2D eigenvalue weighted by atomic mass is 32.2. The van der Waals surface area contributed by atoms with Gasteiger partial charge in [0.2, 0.25) is 10.0 Å². The van der Waals surface area contributed by atoms with Crippen molar-refractivity contribution in [3.05, 3.63) is 53.7 Å². The minimum atomic E-state index is -4.36. The molecule has 1 fully saturated rings. The molecule has 2 aromatic rings. The van der Waals surface area contributed by atoms with Crippen LogP contribution in [-0.2, 0) is 22.7 Å². The van der Waals surface area contributed by atoms with Crippen molar-refractivity contribution >= 4 is 15.8 Å². The van der Waals surface area contributed by atoms with E-state index in [-0.39, 0.29) is 4.90 Å². The number of halogens is 3. The van der Waals surface area contributed by atoms with Crippen LogP contribution in [0.4, 0.5) is 19.0 Å². The van der Waals surface area contributed by atoms with Crippen molar-refractivity contribution < 1.29 is 21.6 Å². The van der Waals surface area contributed by atoms with Crippen LogP contribution < -0.4 is 4.90 Å². The summed E-state index contributed by atoms with van der Waals surface area (Å²) in [4.78, 5) is 6.14. The number of aromatic nitrogens is 1. The number of pyridine rings is 1. The zero-order valence-corrected chi connectivity index (χ0v) is 16.3. The van der Waals surface area contributed by atoms with Crippen LogP contribution in [0.15, 0.2) is 47.5 Å². The Kier molecular flexibility index (Phi) is 5.95. The van der Waals surface area contributed by atoms with Crippen LogP contribution >= 0.6 is 0 Å². The Hall–Kier alpha value is -2.13. The molecule has 0 unspecified atom stereocenters. The van der Waals surface area contributed by atoms with Gasteiger partial charge in [0.25, 0.3) is 0 Å². The summed E-state index contributed by atoms with van der Waals surface area (Å²) in [5.74, 6) is 0.539. The number of piperidine rings is 1. The maximum absolute atomic E-state index is 12.7. The molecule has 1 saturated heterocycles. The van der Waals surface area contributed by atoms with E-state index in [1.54, 1.807) is 18.0 Å². The first kappa shape index (κ1) is 20.6. The second kappa shape index (κ2) is 8.08. The molecular formula is C19H22F3N3O2S. The van der Waals surface area contributed by atoms with Gasteiger partial charge >= 0.3 is 6.18 Å². The zero-order valence-electron chi connectivity index (χ0n) is 15.5. The van der Waals surface area contributed by atoms with Crippen molar-refractivity contribution in [3.8, 4) is 0 Å². The number of nitrogens with zero attached hydrogens (tertiary/aromatic N) is 3. The first-order valence-corrected chi connectivity index (χ1v) is 10.5. The van der Waals surface area contributed by atoms with Crippen molar-refractivity contribution in [3.63, 3.8) is 0 Å². The monoisotopic (exact) mass is 413 g/mol. The van der Waals surface area contributed by atoms with Crippen molar-refractivity contribution in [2.24, 2.45) is 0 Å². The quantitative estimate of drug-likeness (QED) is 0.746.